The van der Waals surface area contributed by atoms with E-state index in [-0.39, 0.29) is 6.10 Å². The lowest BCUT2D eigenvalue weighted by molar-refractivity contribution is 0.0630. The summed E-state index contributed by atoms with van der Waals surface area (Å²) in [5, 5.41) is 8.70. The van der Waals surface area contributed by atoms with E-state index in [9.17, 15) is 0 Å². The second-order valence-electron chi connectivity index (χ2n) is 6.85. The maximum Gasteiger partial charge on any atom is 0.159 e. The lowest BCUT2D eigenvalue weighted by atomic mass is 10.1. The standard InChI is InChI=1S/C19H26N4O3/c1-24-17-7-3-2-5-15(17)11-22(12-16-6-4-9-26-16)13-18-20-21-19-14-25-10-8-23(18)19/h2-3,5,7,16H,4,6,8-14H2,1H3. The third kappa shape index (κ3) is 3.90. The molecule has 140 valence electrons. The van der Waals surface area contributed by atoms with Gasteiger partial charge in [-0.15, -0.1) is 10.2 Å². The Balaban J connectivity index is 1.53. The lowest BCUT2D eigenvalue weighted by Gasteiger charge is -2.26. The van der Waals surface area contributed by atoms with Crippen LogP contribution < -0.4 is 4.74 Å². The highest BCUT2D eigenvalue weighted by Gasteiger charge is 2.23. The molecule has 7 nitrogen and oxygen atoms in total. The topological polar surface area (TPSA) is 61.6 Å². The van der Waals surface area contributed by atoms with Gasteiger partial charge in [-0.2, -0.15) is 0 Å². The molecule has 0 aliphatic carbocycles. The zero-order valence-corrected chi connectivity index (χ0v) is 15.3. The van der Waals surface area contributed by atoms with Crippen molar-refractivity contribution in [2.75, 3.05) is 26.9 Å². The SMILES string of the molecule is COc1ccccc1CN(Cc1nnc2n1CCOC2)CC1CCCO1. The van der Waals surface area contributed by atoms with Gasteiger partial charge in [-0.05, 0) is 18.9 Å². The molecule has 2 aliphatic rings. The van der Waals surface area contributed by atoms with Gasteiger partial charge in [0.2, 0.25) is 0 Å². The first-order valence-electron chi connectivity index (χ1n) is 9.28. The van der Waals surface area contributed by atoms with Crippen molar-refractivity contribution in [1.29, 1.82) is 0 Å². The molecule has 7 heteroatoms. The van der Waals surface area contributed by atoms with Crippen molar-refractivity contribution in [2.45, 2.75) is 45.2 Å². The van der Waals surface area contributed by atoms with Gasteiger partial charge in [0.15, 0.2) is 5.82 Å². The third-order valence-corrected chi connectivity index (χ3v) is 5.03. The highest BCUT2D eigenvalue weighted by Crippen LogP contribution is 2.22. The highest BCUT2D eigenvalue weighted by molar-refractivity contribution is 5.33. The molecular formula is C19H26N4O3. The number of ether oxygens (including phenoxy) is 3. The molecule has 0 N–H and O–H groups in total. The van der Waals surface area contributed by atoms with Gasteiger partial charge < -0.3 is 18.8 Å². The summed E-state index contributed by atoms with van der Waals surface area (Å²) in [6.07, 6.45) is 2.55. The van der Waals surface area contributed by atoms with Crippen LogP contribution in [0.5, 0.6) is 5.75 Å². The van der Waals surface area contributed by atoms with Crippen LogP contribution >= 0.6 is 0 Å². The molecule has 1 saturated heterocycles. The summed E-state index contributed by atoms with van der Waals surface area (Å²) in [5.41, 5.74) is 1.18. The lowest BCUT2D eigenvalue weighted by Crippen LogP contribution is -2.33. The van der Waals surface area contributed by atoms with Crippen LogP contribution in [0.25, 0.3) is 0 Å². The molecule has 1 aromatic carbocycles. The van der Waals surface area contributed by atoms with Crippen molar-refractivity contribution in [2.24, 2.45) is 0 Å². The summed E-state index contributed by atoms with van der Waals surface area (Å²) in [4.78, 5) is 2.39. The van der Waals surface area contributed by atoms with Crippen molar-refractivity contribution < 1.29 is 14.2 Å². The molecular weight excluding hydrogens is 332 g/mol. The predicted molar refractivity (Wildman–Crippen MR) is 95.8 cm³/mol. The summed E-state index contributed by atoms with van der Waals surface area (Å²) in [6, 6.07) is 8.18. The first-order chi connectivity index (χ1) is 12.8. The van der Waals surface area contributed by atoms with E-state index in [4.69, 9.17) is 14.2 Å². The number of hydrogen-bond donors (Lipinski definition) is 0. The molecule has 4 rings (SSSR count). The minimum absolute atomic E-state index is 0.289. The van der Waals surface area contributed by atoms with Crippen LogP contribution in [0, 0.1) is 0 Å². The summed E-state index contributed by atoms with van der Waals surface area (Å²) in [6.45, 7) is 5.37. The van der Waals surface area contributed by atoms with Crippen LogP contribution in [0.2, 0.25) is 0 Å². The molecule has 2 aromatic rings. The van der Waals surface area contributed by atoms with Crippen LogP contribution in [0.3, 0.4) is 0 Å². The van der Waals surface area contributed by atoms with Gasteiger partial charge in [0.1, 0.15) is 18.2 Å². The number of rotatable bonds is 7. The van der Waals surface area contributed by atoms with Gasteiger partial charge in [0.05, 0.1) is 26.4 Å². The Bertz CT molecular complexity index is 727. The molecule has 2 aliphatic heterocycles. The Morgan fingerprint density at radius 2 is 2.15 bits per heavy atom. The Labute approximate surface area is 153 Å². The van der Waals surface area contributed by atoms with E-state index < -0.39 is 0 Å². The quantitative estimate of drug-likeness (QED) is 0.754. The van der Waals surface area contributed by atoms with E-state index in [1.807, 2.05) is 12.1 Å². The molecule has 0 spiro atoms. The largest absolute Gasteiger partial charge is 0.496 e. The fraction of sp³-hybridized carbons (Fsp3) is 0.579. The maximum atomic E-state index is 5.87. The van der Waals surface area contributed by atoms with Crippen LogP contribution in [0.15, 0.2) is 24.3 Å². The molecule has 0 bridgehead atoms. The number of methoxy groups -OCH3 is 1. The maximum absolute atomic E-state index is 5.87. The fourth-order valence-corrected chi connectivity index (χ4v) is 3.71. The summed E-state index contributed by atoms with van der Waals surface area (Å²) in [5.74, 6) is 2.83. The molecule has 0 radical (unpaired) electrons. The van der Waals surface area contributed by atoms with Gasteiger partial charge in [-0.3, -0.25) is 4.90 Å². The first-order valence-corrected chi connectivity index (χ1v) is 9.28. The van der Waals surface area contributed by atoms with Crippen molar-refractivity contribution >= 4 is 0 Å². The van der Waals surface area contributed by atoms with Gasteiger partial charge in [-0.1, -0.05) is 18.2 Å². The molecule has 0 saturated carbocycles. The molecule has 0 amide bonds. The Morgan fingerprint density at radius 3 is 3.00 bits per heavy atom. The van der Waals surface area contributed by atoms with E-state index in [2.05, 4.69) is 31.8 Å². The van der Waals surface area contributed by atoms with Crippen LogP contribution in [0.1, 0.15) is 30.1 Å². The fourth-order valence-electron chi connectivity index (χ4n) is 3.71. The van der Waals surface area contributed by atoms with Crippen LogP contribution in [-0.4, -0.2) is 52.6 Å². The summed E-state index contributed by atoms with van der Waals surface area (Å²) in [7, 11) is 1.72. The van der Waals surface area contributed by atoms with E-state index >= 15 is 0 Å². The minimum atomic E-state index is 0.289. The van der Waals surface area contributed by atoms with Crippen molar-refractivity contribution in [3.8, 4) is 5.75 Å². The van der Waals surface area contributed by atoms with E-state index in [0.717, 1.165) is 69.6 Å². The van der Waals surface area contributed by atoms with Crippen molar-refractivity contribution in [3.05, 3.63) is 41.5 Å². The number of aromatic nitrogens is 3. The second-order valence-corrected chi connectivity index (χ2v) is 6.85. The summed E-state index contributed by atoms with van der Waals surface area (Å²) >= 11 is 0. The molecule has 1 aromatic heterocycles. The van der Waals surface area contributed by atoms with Gasteiger partial charge >= 0.3 is 0 Å². The third-order valence-electron chi connectivity index (χ3n) is 5.03. The molecule has 1 fully saturated rings. The van der Waals surface area contributed by atoms with E-state index in [1.165, 1.54) is 5.56 Å². The monoisotopic (exact) mass is 358 g/mol. The Kier molecular flexibility index (Phi) is 5.48. The first kappa shape index (κ1) is 17.5. The van der Waals surface area contributed by atoms with Gasteiger partial charge in [0, 0.05) is 31.8 Å². The Hall–Kier alpha value is -1.96. The van der Waals surface area contributed by atoms with E-state index in [0.29, 0.717) is 6.61 Å². The number of fused-ring (bicyclic) bond motifs is 1. The number of benzene rings is 1. The smallest absolute Gasteiger partial charge is 0.159 e. The average Bonchev–Trinajstić information content (AvgIpc) is 3.32. The van der Waals surface area contributed by atoms with Crippen LogP contribution in [-0.2, 0) is 35.7 Å². The zero-order chi connectivity index (χ0) is 17.8. The molecule has 1 unspecified atom stereocenters. The van der Waals surface area contributed by atoms with Crippen LogP contribution in [0.4, 0.5) is 0 Å². The van der Waals surface area contributed by atoms with Gasteiger partial charge in [0.25, 0.3) is 0 Å². The molecule has 1 atom stereocenters. The second kappa shape index (κ2) is 8.16. The highest BCUT2D eigenvalue weighted by atomic mass is 16.5. The molecule has 26 heavy (non-hydrogen) atoms. The number of hydrogen-bond acceptors (Lipinski definition) is 6. The van der Waals surface area contributed by atoms with Crippen molar-refractivity contribution in [3.63, 3.8) is 0 Å². The number of para-hydroxylation sites is 1. The number of nitrogens with zero attached hydrogens (tertiary/aromatic N) is 4. The van der Waals surface area contributed by atoms with Gasteiger partial charge in [-0.25, -0.2) is 0 Å². The zero-order valence-electron chi connectivity index (χ0n) is 15.3. The normalized spacial score (nSPS) is 19.7. The molecule has 3 heterocycles. The minimum Gasteiger partial charge on any atom is -0.496 e. The average molecular weight is 358 g/mol. The van der Waals surface area contributed by atoms with Crippen molar-refractivity contribution in [1.82, 2.24) is 19.7 Å². The predicted octanol–water partition coefficient (Wildman–Crippen LogP) is 2.00. The summed E-state index contributed by atoms with van der Waals surface area (Å²) < 4.78 is 19.1. The Morgan fingerprint density at radius 1 is 1.23 bits per heavy atom. The van der Waals surface area contributed by atoms with E-state index in [1.54, 1.807) is 7.11 Å².